The van der Waals surface area contributed by atoms with Crippen molar-refractivity contribution in [3.05, 3.63) is 59.7 Å². The van der Waals surface area contributed by atoms with Gasteiger partial charge in [-0.05, 0) is 17.7 Å². The first-order valence-corrected chi connectivity index (χ1v) is 9.50. The zero-order chi connectivity index (χ0) is 22.4. The molecule has 0 saturated carbocycles. The first-order valence-electron chi connectivity index (χ1n) is 9.50. The van der Waals surface area contributed by atoms with Gasteiger partial charge < -0.3 is 29.4 Å². The minimum Gasteiger partial charge on any atom is -0.539 e. The van der Waals surface area contributed by atoms with Gasteiger partial charge in [0.1, 0.15) is 6.54 Å². The fourth-order valence-corrected chi connectivity index (χ4v) is 2.95. The molecule has 0 aliphatic rings. The van der Waals surface area contributed by atoms with E-state index in [4.69, 9.17) is 29.3 Å². The first-order chi connectivity index (χ1) is 14.4. The largest absolute Gasteiger partial charge is 0.539 e. The number of carbonyl (C=O) groups excluding carboxylic acids is 1. The summed E-state index contributed by atoms with van der Waals surface area (Å²) < 4.78 is 23.6. The van der Waals surface area contributed by atoms with E-state index in [2.05, 4.69) is 30.3 Å². The number of carbonyl (C=O) groups is 2. The molecule has 8 heteroatoms. The van der Waals surface area contributed by atoms with Gasteiger partial charge in [-0.15, -0.1) is 0 Å². The standard InChI is InChI=1S/C20H26FNO2.C2H2O4/c1-23-19-11-6-10-18(20(19)24-2)16-22(14-7-13-21)15-12-17-8-4-3-5-9-17;3-1(4)2(5)6/h3-6,8-11H,7,12-16H2,1-2H3;(H,3,4)(H,5,6). The summed E-state index contributed by atoms with van der Waals surface area (Å²) in [4.78, 5) is 19.4. The number of methoxy groups -OCH3 is 2. The summed E-state index contributed by atoms with van der Waals surface area (Å²) in [6.45, 7) is 2.30. The molecule has 0 heterocycles. The van der Waals surface area contributed by atoms with E-state index in [0.717, 1.165) is 43.1 Å². The summed E-state index contributed by atoms with van der Waals surface area (Å²) >= 11 is 0. The van der Waals surface area contributed by atoms with E-state index >= 15 is 0 Å². The minimum absolute atomic E-state index is 0.274. The number of rotatable bonds is 10. The highest BCUT2D eigenvalue weighted by molar-refractivity contribution is 6.26. The molecule has 2 rings (SSSR count). The number of quaternary nitrogens is 1. The number of hydrogen-bond acceptors (Lipinski definition) is 5. The molecule has 0 aliphatic heterocycles. The molecule has 1 atom stereocenters. The van der Waals surface area contributed by atoms with Gasteiger partial charge in [-0.2, -0.15) is 0 Å². The molecule has 0 aliphatic carbocycles. The lowest BCUT2D eigenvalue weighted by atomic mass is 10.1. The monoisotopic (exact) mass is 421 g/mol. The molecule has 0 spiro atoms. The zero-order valence-corrected chi connectivity index (χ0v) is 17.2. The van der Waals surface area contributed by atoms with Gasteiger partial charge in [-0.1, -0.05) is 36.4 Å². The molecule has 2 N–H and O–H groups in total. The summed E-state index contributed by atoms with van der Waals surface area (Å²) in [7, 11) is 3.30. The minimum atomic E-state index is -2.07. The highest BCUT2D eigenvalue weighted by atomic mass is 19.1. The number of alkyl halides is 1. The molecule has 0 radical (unpaired) electrons. The smallest absolute Gasteiger partial charge is 0.351 e. The molecule has 7 nitrogen and oxygen atoms in total. The van der Waals surface area contributed by atoms with Gasteiger partial charge in [0.25, 0.3) is 0 Å². The Hall–Kier alpha value is -3.13. The van der Waals surface area contributed by atoms with Crippen LogP contribution in [0.3, 0.4) is 0 Å². The SMILES string of the molecule is COc1cccc(C[NH+](CCCF)CCc2ccccc2)c1OC.O=C([O-])C(=O)O. The number of aliphatic carboxylic acids is 2. The Bertz CT molecular complexity index is 772. The summed E-state index contributed by atoms with van der Waals surface area (Å²) in [6.07, 6.45) is 1.56. The molecule has 2 aromatic rings. The Balaban J connectivity index is 0.000000656. The number of nitrogens with one attached hydrogen (secondary N) is 1. The number of ether oxygens (including phenoxy) is 2. The van der Waals surface area contributed by atoms with Crippen LogP contribution in [0.15, 0.2) is 48.5 Å². The van der Waals surface area contributed by atoms with Crippen LogP contribution >= 0.6 is 0 Å². The molecule has 0 bridgehead atoms. The van der Waals surface area contributed by atoms with E-state index < -0.39 is 11.9 Å². The molecule has 164 valence electrons. The second-order valence-corrected chi connectivity index (χ2v) is 6.45. The highest BCUT2D eigenvalue weighted by Crippen LogP contribution is 2.30. The molecule has 0 aromatic heterocycles. The predicted octanol–water partition coefficient (Wildman–Crippen LogP) is 0.512. The number of hydrogen-bond donors (Lipinski definition) is 2. The average molecular weight is 421 g/mol. The number of carboxylic acid groups (broad SMARTS) is 2. The molecule has 2 aromatic carbocycles. The third-order valence-electron chi connectivity index (χ3n) is 4.37. The average Bonchev–Trinajstić information content (AvgIpc) is 2.76. The molecule has 1 unspecified atom stereocenters. The van der Waals surface area contributed by atoms with E-state index in [9.17, 15) is 4.39 Å². The van der Waals surface area contributed by atoms with Gasteiger partial charge in [0.05, 0.1) is 39.5 Å². The molecule has 0 amide bonds. The Morgan fingerprint density at radius 3 is 2.23 bits per heavy atom. The summed E-state index contributed by atoms with van der Waals surface area (Å²) in [5.41, 5.74) is 2.41. The maximum Gasteiger partial charge on any atom is 0.351 e. The fraction of sp³-hybridized carbons (Fsp3) is 0.364. The van der Waals surface area contributed by atoms with Crippen molar-refractivity contribution in [3.8, 4) is 11.5 Å². The van der Waals surface area contributed by atoms with Gasteiger partial charge in [0, 0.05) is 12.8 Å². The number of halogens is 1. The van der Waals surface area contributed by atoms with Crippen molar-refractivity contribution in [1.82, 2.24) is 0 Å². The summed E-state index contributed by atoms with van der Waals surface area (Å²) in [6, 6.07) is 16.3. The van der Waals surface area contributed by atoms with Crippen LogP contribution < -0.4 is 19.5 Å². The highest BCUT2D eigenvalue weighted by Gasteiger charge is 2.16. The lowest BCUT2D eigenvalue weighted by molar-refractivity contribution is -0.913. The van der Waals surface area contributed by atoms with E-state index in [0.29, 0.717) is 6.42 Å². The normalized spacial score (nSPS) is 11.0. The van der Waals surface area contributed by atoms with Crippen LogP contribution in [-0.2, 0) is 22.6 Å². The molecule has 0 fully saturated rings. The number of benzene rings is 2. The maximum absolute atomic E-state index is 12.7. The third kappa shape index (κ3) is 8.91. The quantitative estimate of drug-likeness (QED) is 0.543. The lowest BCUT2D eigenvalue weighted by Gasteiger charge is -2.21. The second-order valence-electron chi connectivity index (χ2n) is 6.45. The fourth-order valence-electron chi connectivity index (χ4n) is 2.95. The van der Waals surface area contributed by atoms with Crippen LogP contribution in [0.4, 0.5) is 4.39 Å². The molecular formula is C22H28FNO6. The van der Waals surface area contributed by atoms with Crippen LogP contribution in [0, 0.1) is 0 Å². The predicted molar refractivity (Wildman–Crippen MR) is 107 cm³/mol. The van der Waals surface area contributed by atoms with Gasteiger partial charge in [-0.3, -0.25) is 4.39 Å². The van der Waals surface area contributed by atoms with E-state index in [1.54, 1.807) is 14.2 Å². The van der Waals surface area contributed by atoms with Crippen molar-refractivity contribution in [1.29, 1.82) is 0 Å². The number of carboxylic acids is 2. The molecular weight excluding hydrogens is 393 g/mol. The van der Waals surface area contributed by atoms with Gasteiger partial charge >= 0.3 is 5.97 Å². The van der Waals surface area contributed by atoms with E-state index in [-0.39, 0.29) is 6.67 Å². The van der Waals surface area contributed by atoms with Crippen LogP contribution in [0.2, 0.25) is 0 Å². The summed E-state index contributed by atoms with van der Waals surface area (Å²) in [5, 5.41) is 16.3. The van der Waals surface area contributed by atoms with Crippen molar-refractivity contribution in [2.45, 2.75) is 19.4 Å². The Morgan fingerprint density at radius 1 is 1.03 bits per heavy atom. The van der Waals surface area contributed by atoms with Crippen LogP contribution in [0.25, 0.3) is 0 Å². The Morgan fingerprint density at radius 2 is 1.70 bits per heavy atom. The van der Waals surface area contributed by atoms with Gasteiger partial charge in [-0.25, -0.2) is 4.79 Å². The van der Waals surface area contributed by atoms with E-state index in [1.165, 1.54) is 10.5 Å². The van der Waals surface area contributed by atoms with Crippen molar-refractivity contribution in [2.24, 2.45) is 0 Å². The first kappa shape index (κ1) is 24.9. The Labute approximate surface area is 175 Å². The topological polar surface area (TPSA) is 100 Å². The molecule has 30 heavy (non-hydrogen) atoms. The molecule has 0 saturated heterocycles. The summed E-state index contributed by atoms with van der Waals surface area (Å²) in [5.74, 6) is -2.50. The van der Waals surface area contributed by atoms with Crippen LogP contribution in [0.1, 0.15) is 17.5 Å². The second kappa shape index (κ2) is 13.9. The van der Waals surface area contributed by atoms with Crippen LogP contribution in [-0.4, -0.2) is 51.0 Å². The van der Waals surface area contributed by atoms with Crippen molar-refractivity contribution >= 4 is 11.9 Å². The van der Waals surface area contributed by atoms with Crippen molar-refractivity contribution < 1.29 is 38.6 Å². The van der Waals surface area contributed by atoms with E-state index in [1.807, 2.05) is 18.2 Å². The van der Waals surface area contributed by atoms with Crippen molar-refractivity contribution in [2.75, 3.05) is 34.0 Å². The van der Waals surface area contributed by atoms with Crippen LogP contribution in [0.5, 0.6) is 11.5 Å². The zero-order valence-electron chi connectivity index (χ0n) is 17.2. The maximum atomic E-state index is 12.7. The Kier molecular flexibility index (Phi) is 11.6. The van der Waals surface area contributed by atoms with Crippen molar-refractivity contribution in [3.63, 3.8) is 0 Å². The van der Waals surface area contributed by atoms with Gasteiger partial charge in [0.2, 0.25) is 0 Å². The third-order valence-corrected chi connectivity index (χ3v) is 4.37. The lowest BCUT2D eigenvalue weighted by Crippen LogP contribution is -3.11. The number of para-hydroxylation sites is 1. The van der Waals surface area contributed by atoms with Gasteiger partial charge in [0.15, 0.2) is 17.5 Å².